The molecule has 2 aromatic carbocycles. The van der Waals surface area contributed by atoms with Gasteiger partial charge in [-0.2, -0.15) is 0 Å². The number of benzene rings is 2. The zero-order valence-corrected chi connectivity index (χ0v) is 17.8. The predicted molar refractivity (Wildman–Crippen MR) is 120 cm³/mol. The number of nitrogens with one attached hydrogen (secondary N) is 2. The molecule has 1 fully saturated rings. The van der Waals surface area contributed by atoms with Gasteiger partial charge in [-0.25, -0.2) is 4.99 Å². The predicted octanol–water partition coefficient (Wildman–Crippen LogP) is 2.58. The van der Waals surface area contributed by atoms with Crippen molar-refractivity contribution in [1.82, 2.24) is 15.5 Å². The first-order valence-electron chi connectivity index (χ1n) is 11.0. The molecule has 1 unspecified atom stereocenters. The van der Waals surface area contributed by atoms with Gasteiger partial charge < -0.3 is 20.1 Å². The minimum absolute atomic E-state index is 0.139. The van der Waals surface area contributed by atoms with Crippen LogP contribution in [-0.2, 0) is 24.2 Å². The van der Waals surface area contributed by atoms with E-state index < -0.39 is 0 Å². The van der Waals surface area contributed by atoms with Gasteiger partial charge in [-0.3, -0.25) is 4.90 Å². The highest BCUT2D eigenvalue weighted by Gasteiger charge is 2.22. The lowest BCUT2D eigenvalue weighted by Gasteiger charge is -2.27. The van der Waals surface area contributed by atoms with Crippen molar-refractivity contribution in [3.8, 4) is 5.75 Å². The van der Waals surface area contributed by atoms with Gasteiger partial charge in [0.05, 0.1) is 26.3 Å². The van der Waals surface area contributed by atoms with E-state index in [2.05, 4.69) is 58.9 Å². The summed E-state index contributed by atoms with van der Waals surface area (Å²) in [5, 5.41) is 6.81. The van der Waals surface area contributed by atoms with Crippen molar-refractivity contribution in [2.45, 2.75) is 32.5 Å². The van der Waals surface area contributed by atoms with E-state index in [4.69, 9.17) is 14.5 Å². The van der Waals surface area contributed by atoms with Crippen molar-refractivity contribution in [3.05, 3.63) is 65.2 Å². The molecule has 160 valence electrons. The second-order valence-corrected chi connectivity index (χ2v) is 7.79. The Hall–Kier alpha value is -2.57. The van der Waals surface area contributed by atoms with Crippen molar-refractivity contribution in [2.24, 2.45) is 4.99 Å². The van der Waals surface area contributed by atoms with Crippen LogP contribution in [0.5, 0.6) is 5.75 Å². The smallest absolute Gasteiger partial charge is 0.191 e. The van der Waals surface area contributed by atoms with E-state index in [0.717, 1.165) is 64.1 Å². The van der Waals surface area contributed by atoms with Crippen LogP contribution < -0.4 is 15.4 Å². The molecule has 1 atom stereocenters. The fraction of sp³-hybridized carbons (Fsp3) is 0.458. The van der Waals surface area contributed by atoms with Gasteiger partial charge in [0.1, 0.15) is 11.9 Å². The minimum Gasteiger partial charge on any atom is -0.488 e. The summed E-state index contributed by atoms with van der Waals surface area (Å²) >= 11 is 0. The Labute approximate surface area is 179 Å². The molecule has 0 amide bonds. The summed E-state index contributed by atoms with van der Waals surface area (Å²) in [6.45, 7) is 8.88. The number of nitrogens with zero attached hydrogens (tertiary/aromatic N) is 2. The van der Waals surface area contributed by atoms with Crippen molar-refractivity contribution in [2.75, 3.05) is 39.4 Å². The van der Waals surface area contributed by atoms with Crippen LogP contribution >= 0.6 is 0 Å². The molecule has 30 heavy (non-hydrogen) atoms. The molecule has 0 radical (unpaired) electrons. The lowest BCUT2D eigenvalue weighted by Crippen LogP contribution is -2.42. The van der Waals surface area contributed by atoms with E-state index in [-0.39, 0.29) is 6.10 Å². The van der Waals surface area contributed by atoms with Crippen molar-refractivity contribution < 1.29 is 9.47 Å². The summed E-state index contributed by atoms with van der Waals surface area (Å²) in [7, 11) is 0. The number of rotatable bonds is 7. The second-order valence-electron chi connectivity index (χ2n) is 7.79. The van der Waals surface area contributed by atoms with E-state index in [9.17, 15) is 0 Å². The Morgan fingerprint density at radius 2 is 1.80 bits per heavy atom. The summed E-state index contributed by atoms with van der Waals surface area (Å²) < 4.78 is 11.5. The molecule has 2 aliphatic heterocycles. The van der Waals surface area contributed by atoms with Crippen molar-refractivity contribution in [3.63, 3.8) is 0 Å². The average molecular weight is 409 g/mol. The normalized spacial score (nSPS) is 19.2. The second kappa shape index (κ2) is 10.5. The third-order valence-electron chi connectivity index (χ3n) is 5.58. The zero-order valence-electron chi connectivity index (χ0n) is 17.8. The van der Waals surface area contributed by atoms with Crippen LogP contribution in [0.15, 0.2) is 53.5 Å². The third kappa shape index (κ3) is 5.52. The van der Waals surface area contributed by atoms with E-state index in [1.165, 1.54) is 16.7 Å². The summed E-state index contributed by atoms with van der Waals surface area (Å²) in [5.74, 6) is 1.83. The lowest BCUT2D eigenvalue weighted by molar-refractivity contribution is 0.0341. The number of hydrogen-bond donors (Lipinski definition) is 2. The Morgan fingerprint density at radius 3 is 2.60 bits per heavy atom. The number of hydrogen-bond acceptors (Lipinski definition) is 4. The maximum Gasteiger partial charge on any atom is 0.191 e. The molecular formula is C24H32N4O2. The maximum atomic E-state index is 6.04. The van der Waals surface area contributed by atoms with Crippen molar-refractivity contribution >= 4 is 5.96 Å². The van der Waals surface area contributed by atoms with Crippen molar-refractivity contribution in [1.29, 1.82) is 0 Å². The maximum absolute atomic E-state index is 6.04. The first kappa shape index (κ1) is 20.7. The van der Waals surface area contributed by atoms with Crippen LogP contribution in [0.1, 0.15) is 23.6 Å². The summed E-state index contributed by atoms with van der Waals surface area (Å²) in [5.41, 5.74) is 3.89. The topological polar surface area (TPSA) is 58.1 Å². The number of fused-ring (bicyclic) bond motifs is 1. The molecule has 0 aliphatic carbocycles. The SMILES string of the molecule is CCNC(=NCc1ccccc1CN1CCOCC1)NCC1Cc2ccccc2O1. The van der Waals surface area contributed by atoms with Gasteiger partial charge in [0, 0.05) is 32.6 Å². The molecule has 1 saturated heterocycles. The van der Waals surface area contributed by atoms with Gasteiger partial charge >= 0.3 is 0 Å². The molecule has 2 aromatic rings. The van der Waals surface area contributed by atoms with Gasteiger partial charge in [0.15, 0.2) is 5.96 Å². The van der Waals surface area contributed by atoms with Gasteiger partial charge in [-0.1, -0.05) is 42.5 Å². The Bertz CT molecular complexity index is 824. The van der Waals surface area contributed by atoms with Gasteiger partial charge in [-0.15, -0.1) is 0 Å². The first-order chi connectivity index (χ1) is 14.8. The average Bonchev–Trinajstić information content (AvgIpc) is 3.20. The zero-order chi connectivity index (χ0) is 20.6. The molecule has 2 aliphatic rings. The van der Waals surface area contributed by atoms with Crippen LogP contribution in [0, 0.1) is 0 Å². The molecule has 6 heteroatoms. The lowest BCUT2D eigenvalue weighted by atomic mass is 10.1. The number of aliphatic imine (C=N–C) groups is 1. The molecule has 0 bridgehead atoms. The van der Waals surface area contributed by atoms with Crippen LogP contribution in [0.25, 0.3) is 0 Å². The highest BCUT2D eigenvalue weighted by Crippen LogP contribution is 2.27. The van der Waals surface area contributed by atoms with Crippen LogP contribution in [-0.4, -0.2) is 56.4 Å². The first-order valence-corrected chi connectivity index (χ1v) is 11.0. The molecule has 2 heterocycles. The number of para-hydroxylation sites is 1. The van der Waals surface area contributed by atoms with Gasteiger partial charge in [0.2, 0.25) is 0 Å². The summed E-state index contributed by atoms with van der Waals surface area (Å²) in [4.78, 5) is 7.29. The molecule has 0 saturated carbocycles. The quantitative estimate of drug-likeness (QED) is 0.545. The van der Waals surface area contributed by atoms with Crippen LogP contribution in [0.2, 0.25) is 0 Å². The highest BCUT2D eigenvalue weighted by atomic mass is 16.5. The van der Waals surface area contributed by atoms with Gasteiger partial charge in [-0.05, 0) is 29.7 Å². The fourth-order valence-electron chi connectivity index (χ4n) is 3.95. The molecule has 6 nitrogen and oxygen atoms in total. The fourth-order valence-corrected chi connectivity index (χ4v) is 3.95. The molecule has 0 spiro atoms. The molecule has 0 aromatic heterocycles. The highest BCUT2D eigenvalue weighted by molar-refractivity contribution is 5.79. The largest absolute Gasteiger partial charge is 0.488 e. The van der Waals surface area contributed by atoms with Crippen LogP contribution in [0.3, 0.4) is 0 Å². The number of guanidine groups is 1. The standard InChI is InChI=1S/C24H32N4O2/c1-2-25-24(27-17-22-15-19-7-5-6-10-23(19)30-22)26-16-20-8-3-4-9-21(20)18-28-11-13-29-14-12-28/h3-10,22H,2,11-18H2,1H3,(H2,25,26,27). The van der Waals surface area contributed by atoms with E-state index in [1.54, 1.807) is 0 Å². The van der Waals surface area contributed by atoms with Crippen LogP contribution in [0.4, 0.5) is 0 Å². The Morgan fingerprint density at radius 1 is 1.03 bits per heavy atom. The third-order valence-corrected chi connectivity index (χ3v) is 5.58. The van der Waals surface area contributed by atoms with Gasteiger partial charge in [0.25, 0.3) is 0 Å². The molecule has 2 N–H and O–H groups in total. The molecular weight excluding hydrogens is 376 g/mol. The minimum atomic E-state index is 0.139. The van der Waals surface area contributed by atoms with E-state index in [0.29, 0.717) is 6.54 Å². The number of morpholine rings is 1. The Balaban J connectivity index is 1.35. The van der Waals surface area contributed by atoms with E-state index >= 15 is 0 Å². The summed E-state index contributed by atoms with van der Waals surface area (Å²) in [6.07, 6.45) is 1.07. The van der Waals surface area contributed by atoms with E-state index in [1.807, 2.05) is 12.1 Å². The molecule has 4 rings (SSSR count). The Kier molecular flexibility index (Phi) is 7.21. The summed E-state index contributed by atoms with van der Waals surface area (Å²) in [6, 6.07) is 16.9. The monoisotopic (exact) mass is 408 g/mol. The number of ether oxygens (including phenoxy) is 2.